The Kier molecular flexibility index (Phi) is 4.71. The van der Waals surface area contributed by atoms with Gasteiger partial charge >= 0.3 is 0 Å². The minimum absolute atomic E-state index is 0.654. The summed E-state index contributed by atoms with van der Waals surface area (Å²) in [6.07, 6.45) is 4.33. The van der Waals surface area contributed by atoms with E-state index in [1.807, 2.05) is 42.5 Å². The van der Waals surface area contributed by atoms with Crippen LogP contribution in [0.5, 0.6) is 0 Å². The Bertz CT molecular complexity index is 1910. The fourth-order valence-corrected chi connectivity index (χ4v) is 5.93. The van der Waals surface area contributed by atoms with E-state index in [1.165, 1.54) is 23.1 Å². The predicted molar refractivity (Wildman–Crippen MR) is 151 cm³/mol. The molecule has 3 heterocycles. The van der Waals surface area contributed by atoms with Crippen molar-refractivity contribution in [3.05, 3.63) is 108 Å². The van der Waals surface area contributed by atoms with Gasteiger partial charge in [-0.25, -0.2) is 4.98 Å². The molecule has 1 aliphatic rings. The SMILES string of the molecule is c1ccc(-c2nc(-c3ccccc3)nc(-n3c4c(c5c6oc7ccccc7c6ccc53)CCCC4)n2)cc1. The van der Waals surface area contributed by atoms with E-state index in [2.05, 4.69) is 59.2 Å². The summed E-state index contributed by atoms with van der Waals surface area (Å²) in [5.41, 5.74) is 7.55. The Morgan fingerprint density at radius 1 is 0.605 bits per heavy atom. The second kappa shape index (κ2) is 8.38. The van der Waals surface area contributed by atoms with Crippen LogP contribution in [0.4, 0.5) is 0 Å². The van der Waals surface area contributed by atoms with Crippen molar-refractivity contribution in [3.8, 4) is 28.7 Å². The molecule has 5 nitrogen and oxygen atoms in total. The lowest BCUT2D eigenvalue weighted by molar-refractivity contribution is 0.658. The van der Waals surface area contributed by atoms with Crippen LogP contribution in [-0.4, -0.2) is 19.5 Å². The van der Waals surface area contributed by atoms with Gasteiger partial charge in [-0.15, -0.1) is 0 Å². The monoisotopic (exact) mass is 492 g/mol. The molecule has 0 spiro atoms. The maximum Gasteiger partial charge on any atom is 0.238 e. The Labute approximate surface area is 219 Å². The Balaban J connectivity index is 1.46. The highest BCUT2D eigenvalue weighted by molar-refractivity contribution is 6.16. The van der Waals surface area contributed by atoms with Crippen molar-refractivity contribution in [2.24, 2.45) is 0 Å². The van der Waals surface area contributed by atoms with E-state index in [0.717, 1.165) is 57.8 Å². The molecule has 0 aliphatic heterocycles. The lowest BCUT2D eigenvalue weighted by atomic mass is 9.95. The largest absolute Gasteiger partial charge is 0.455 e. The molecule has 4 aromatic carbocycles. The van der Waals surface area contributed by atoms with Crippen LogP contribution in [0.3, 0.4) is 0 Å². The maximum atomic E-state index is 6.50. The van der Waals surface area contributed by atoms with E-state index in [1.54, 1.807) is 0 Å². The average Bonchev–Trinajstić information content (AvgIpc) is 3.53. The smallest absolute Gasteiger partial charge is 0.238 e. The van der Waals surface area contributed by atoms with Crippen molar-refractivity contribution < 1.29 is 4.42 Å². The number of hydrogen-bond acceptors (Lipinski definition) is 4. The number of furan rings is 1. The highest BCUT2D eigenvalue weighted by atomic mass is 16.3. The molecule has 0 saturated carbocycles. The van der Waals surface area contributed by atoms with Crippen LogP contribution < -0.4 is 0 Å². The second-order valence-corrected chi connectivity index (χ2v) is 9.92. The van der Waals surface area contributed by atoms with Crippen molar-refractivity contribution in [1.82, 2.24) is 19.5 Å². The zero-order valence-corrected chi connectivity index (χ0v) is 20.8. The van der Waals surface area contributed by atoms with Crippen molar-refractivity contribution in [1.29, 1.82) is 0 Å². The number of aryl methyl sites for hydroxylation is 1. The maximum absolute atomic E-state index is 6.50. The average molecular weight is 493 g/mol. The first-order chi connectivity index (χ1) is 18.8. The van der Waals surface area contributed by atoms with Gasteiger partial charge in [0.25, 0.3) is 0 Å². The lowest BCUT2D eigenvalue weighted by Crippen LogP contribution is -2.11. The van der Waals surface area contributed by atoms with Crippen molar-refractivity contribution in [2.75, 3.05) is 0 Å². The number of hydrogen-bond donors (Lipinski definition) is 0. The Morgan fingerprint density at radius 2 is 1.26 bits per heavy atom. The molecule has 0 amide bonds. The van der Waals surface area contributed by atoms with Gasteiger partial charge in [-0.2, -0.15) is 9.97 Å². The topological polar surface area (TPSA) is 56.7 Å². The number of fused-ring (bicyclic) bond motifs is 7. The van der Waals surface area contributed by atoms with Crippen LogP contribution >= 0.6 is 0 Å². The molecule has 8 rings (SSSR count). The van der Waals surface area contributed by atoms with Gasteiger partial charge in [0.1, 0.15) is 11.2 Å². The number of benzene rings is 4. The van der Waals surface area contributed by atoms with Crippen LogP contribution in [0, 0.1) is 0 Å². The summed E-state index contributed by atoms with van der Waals surface area (Å²) >= 11 is 0. The zero-order valence-electron chi connectivity index (χ0n) is 20.8. The third kappa shape index (κ3) is 3.21. The molecule has 0 atom stereocenters. The predicted octanol–water partition coefficient (Wildman–Crippen LogP) is 7.93. The normalized spacial score (nSPS) is 13.4. The van der Waals surface area contributed by atoms with Gasteiger partial charge in [-0.05, 0) is 49.4 Å². The molecule has 1 aliphatic carbocycles. The van der Waals surface area contributed by atoms with Gasteiger partial charge in [0.15, 0.2) is 11.6 Å². The highest BCUT2D eigenvalue weighted by Crippen LogP contribution is 2.41. The molecule has 0 radical (unpaired) electrons. The van der Waals surface area contributed by atoms with Crippen LogP contribution in [0.25, 0.3) is 61.6 Å². The third-order valence-electron chi connectivity index (χ3n) is 7.66. The molecule has 7 aromatic rings. The minimum Gasteiger partial charge on any atom is -0.455 e. The molecule has 5 heteroatoms. The number of nitrogens with zero attached hydrogens (tertiary/aromatic N) is 4. The summed E-state index contributed by atoms with van der Waals surface area (Å²) in [5.74, 6) is 2.00. The summed E-state index contributed by atoms with van der Waals surface area (Å²) in [6.45, 7) is 0. The fourth-order valence-electron chi connectivity index (χ4n) is 5.93. The summed E-state index contributed by atoms with van der Waals surface area (Å²) in [4.78, 5) is 15.0. The minimum atomic E-state index is 0.654. The standard InChI is InChI=1S/C33H24N4O/c1-3-11-21(12-4-1)31-34-32(22-13-5-2-6-14-22)36-33(35-31)37-26-17-9-7-16-25(26)29-27(37)20-19-24-23-15-8-10-18-28(23)38-30(24)29/h1-6,8,10-15,18-20H,7,9,16-17H2. The quantitative estimate of drug-likeness (QED) is 0.251. The first-order valence-corrected chi connectivity index (χ1v) is 13.2. The summed E-state index contributed by atoms with van der Waals surface area (Å²) in [7, 11) is 0. The van der Waals surface area contributed by atoms with E-state index in [4.69, 9.17) is 19.4 Å². The first-order valence-electron chi connectivity index (χ1n) is 13.2. The number of aromatic nitrogens is 4. The van der Waals surface area contributed by atoms with Crippen LogP contribution in [0.15, 0.2) is 101 Å². The van der Waals surface area contributed by atoms with E-state index in [-0.39, 0.29) is 0 Å². The van der Waals surface area contributed by atoms with E-state index < -0.39 is 0 Å². The molecule has 0 fully saturated rings. The van der Waals surface area contributed by atoms with Gasteiger partial charge in [0.05, 0.1) is 5.52 Å². The molecular formula is C33H24N4O. The van der Waals surface area contributed by atoms with Gasteiger partial charge in [0.2, 0.25) is 5.95 Å². The van der Waals surface area contributed by atoms with E-state index in [9.17, 15) is 0 Å². The van der Waals surface area contributed by atoms with Crippen LogP contribution in [0.1, 0.15) is 24.1 Å². The van der Waals surface area contributed by atoms with Crippen molar-refractivity contribution in [2.45, 2.75) is 25.7 Å². The summed E-state index contributed by atoms with van der Waals surface area (Å²) in [5, 5.41) is 3.50. The molecule has 38 heavy (non-hydrogen) atoms. The number of rotatable bonds is 3. The third-order valence-corrected chi connectivity index (χ3v) is 7.66. The summed E-state index contributed by atoms with van der Waals surface area (Å²) in [6, 6.07) is 33.0. The molecule has 0 saturated heterocycles. The fraction of sp³-hybridized carbons (Fsp3) is 0.121. The van der Waals surface area contributed by atoms with Gasteiger partial charge in [-0.1, -0.05) is 78.9 Å². The molecule has 0 bridgehead atoms. The Hall–Kier alpha value is -4.77. The molecule has 0 unspecified atom stereocenters. The summed E-state index contributed by atoms with van der Waals surface area (Å²) < 4.78 is 8.76. The van der Waals surface area contributed by atoms with E-state index in [0.29, 0.717) is 17.6 Å². The van der Waals surface area contributed by atoms with Crippen molar-refractivity contribution in [3.63, 3.8) is 0 Å². The number of para-hydroxylation sites is 1. The molecule has 3 aromatic heterocycles. The molecular weight excluding hydrogens is 468 g/mol. The van der Waals surface area contributed by atoms with Crippen LogP contribution in [0.2, 0.25) is 0 Å². The van der Waals surface area contributed by atoms with Crippen molar-refractivity contribution >= 4 is 32.8 Å². The van der Waals surface area contributed by atoms with Gasteiger partial charge in [-0.3, -0.25) is 4.57 Å². The first kappa shape index (κ1) is 21.3. The molecule has 182 valence electrons. The molecule has 0 N–H and O–H groups in total. The van der Waals surface area contributed by atoms with Gasteiger partial charge < -0.3 is 4.42 Å². The Morgan fingerprint density at radius 3 is 2.00 bits per heavy atom. The highest BCUT2D eigenvalue weighted by Gasteiger charge is 2.26. The lowest BCUT2D eigenvalue weighted by Gasteiger charge is -2.16. The van der Waals surface area contributed by atoms with Crippen LogP contribution in [-0.2, 0) is 12.8 Å². The van der Waals surface area contributed by atoms with E-state index >= 15 is 0 Å². The zero-order chi connectivity index (χ0) is 25.1. The van der Waals surface area contributed by atoms with Gasteiger partial charge in [0, 0.05) is 33.0 Å². The second-order valence-electron chi connectivity index (χ2n) is 9.92.